The van der Waals surface area contributed by atoms with Gasteiger partial charge in [-0.3, -0.25) is 9.59 Å². The average Bonchev–Trinajstić information content (AvgIpc) is 2.64. The van der Waals surface area contributed by atoms with Crippen LogP contribution in [0, 0.1) is 0 Å². The molecule has 2 amide bonds. The van der Waals surface area contributed by atoms with Gasteiger partial charge >= 0.3 is 0 Å². The molecule has 1 saturated heterocycles. The summed E-state index contributed by atoms with van der Waals surface area (Å²) in [6, 6.07) is 9.43. The molecule has 0 spiro atoms. The summed E-state index contributed by atoms with van der Waals surface area (Å²) < 4.78 is 5.38. The van der Waals surface area contributed by atoms with E-state index in [9.17, 15) is 9.59 Å². The summed E-state index contributed by atoms with van der Waals surface area (Å²) in [5, 5.41) is 5.97. The van der Waals surface area contributed by atoms with Gasteiger partial charge in [-0.15, -0.1) is 12.4 Å². The number of ether oxygens (including phenoxy) is 1. The average molecular weight is 370 g/mol. The number of halogens is 1. The second-order valence-electron chi connectivity index (χ2n) is 5.95. The van der Waals surface area contributed by atoms with Gasteiger partial charge in [0.15, 0.2) is 6.61 Å². The Morgan fingerprint density at radius 2 is 1.92 bits per heavy atom. The summed E-state index contributed by atoms with van der Waals surface area (Å²) >= 11 is 0. The Balaban J connectivity index is 0.00000312. The minimum Gasteiger partial charge on any atom is -0.484 e. The van der Waals surface area contributed by atoms with Crippen molar-refractivity contribution in [3.63, 3.8) is 0 Å². The number of carbonyl (C=O) groups is 2. The summed E-state index contributed by atoms with van der Waals surface area (Å²) in [4.78, 5) is 26.2. The molecule has 25 heavy (non-hydrogen) atoms. The van der Waals surface area contributed by atoms with E-state index in [0.29, 0.717) is 5.75 Å². The van der Waals surface area contributed by atoms with Crippen LogP contribution in [0.4, 0.5) is 0 Å². The lowest BCUT2D eigenvalue weighted by atomic mass is 10.0. The zero-order valence-corrected chi connectivity index (χ0v) is 15.5. The highest BCUT2D eigenvalue weighted by Gasteiger charge is 2.24. The van der Waals surface area contributed by atoms with E-state index in [1.807, 2.05) is 23.1 Å². The molecule has 1 heterocycles. The molecule has 1 aliphatic rings. The van der Waals surface area contributed by atoms with Crippen molar-refractivity contribution in [2.75, 3.05) is 32.8 Å². The maximum Gasteiger partial charge on any atom is 0.258 e. The maximum atomic E-state index is 12.5. The third-order valence-corrected chi connectivity index (χ3v) is 4.08. The number of rotatable bonds is 8. The van der Waals surface area contributed by atoms with Crippen molar-refractivity contribution >= 4 is 24.2 Å². The summed E-state index contributed by atoms with van der Waals surface area (Å²) in [7, 11) is 0. The maximum absolute atomic E-state index is 12.5. The molecule has 7 heteroatoms. The first-order valence-electron chi connectivity index (χ1n) is 8.65. The van der Waals surface area contributed by atoms with Gasteiger partial charge in [0.2, 0.25) is 5.91 Å². The Morgan fingerprint density at radius 3 is 2.56 bits per heavy atom. The number of nitrogens with zero attached hydrogens (tertiary/aromatic N) is 1. The van der Waals surface area contributed by atoms with Crippen molar-refractivity contribution in [2.24, 2.45) is 0 Å². The van der Waals surface area contributed by atoms with Gasteiger partial charge < -0.3 is 20.3 Å². The molecule has 1 aromatic carbocycles. The van der Waals surface area contributed by atoms with Crippen LogP contribution in [0.15, 0.2) is 30.3 Å². The number of hydrogen-bond acceptors (Lipinski definition) is 4. The lowest BCUT2D eigenvalue weighted by Crippen LogP contribution is -2.50. The number of hydrogen-bond donors (Lipinski definition) is 2. The van der Waals surface area contributed by atoms with Gasteiger partial charge in [0.1, 0.15) is 5.75 Å². The van der Waals surface area contributed by atoms with Gasteiger partial charge in [-0.05, 0) is 44.5 Å². The summed E-state index contributed by atoms with van der Waals surface area (Å²) in [5.74, 6) is 0.340. The van der Waals surface area contributed by atoms with Crippen molar-refractivity contribution in [1.29, 1.82) is 0 Å². The Morgan fingerprint density at radius 1 is 1.24 bits per heavy atom. The van der Waals surface area contributed by atoms with Crippen molar-refractivity contribution in [3.8, 4) is 5.75 Å². The van der Waals surface area contributed by atoms with Gasteiger partial charge in [0.25, 0.3) is 5.91 Å². The molecular formula is C18H28ClN3O3. The molecule has 0 aliphatic carbocycles. The Bertz CT molecular complexity index is 522. The standard InChI is InChI=1S/C18H27N3O3.ClH/c1-2-12-21(15-8-10-19-11-9-15)18(23)13-20-17(22)14-24-16-6-4-3-5-7-16;/h3-7,15,19H,2,8-14H2,1H3,(H,20,22);1H. The Labute approximate surface area is 155 Å². The molecule has 1 aromatic rings. The highest BCUT2D eigenvalue weighted by Crippen LogP contribution is 2.12. The molecule has 2 N–H and O–H groups in total. The van der Waals surface area contributed by atoms with Gasteiger partial charge in [0.05, 0.1) is 6.54 Å². The van der Waals surface area contributed by atoms with Crippen molar-refractivity contribution in [3.05, 3.63) is 30.3 Å². The normalized spacial score (nSPS) is 14.3. The number of nitrogens with one attached hydrogen (secondary N) is 2. The predicted molar refractivity (Wildman–Crippen MR) is 100 cm³/mol. The number of amides is 2. The van der Waals surface area contributed by atoms with Crippen molar-refractivity contribution < 1.29 is 14.3 Å². The number of piperidine rings is 1. The van der Waals surface area contributed by atoms with Crippen molar-refractivity contribution in [2.45, 2.75) is 32.2 Å². The molecule has 0 saturated carbocycles. The van der Waals surface area contributed by atoms with Crippen LogP contribution in [0.2, 0.25) is 0 Å². The SMILES string of the molecule is CCCN(C(=O)CNC(=O)COc1ccccc1)C1CCNCC1.Cl. The molecule has 2 rings (SSSR count). The van der Waals surface area contributed by atoms with E-state index in [1.165, 1.54) is 0 Å². The fourth-order valence-corrected chi connectivity index (χ4v) is 2.86. The lowest BCUT2D eigenvalue weighted by molar-refractivity contribution is -0.135. The van der Waals surface area contributed by atoms with Crippen LogP contribution in [-0.4, -0.2) is 55.5 Å². The van der Waals surface area contributed by atoms with Gasteiger partial charge in [-0.1, -0.05) is 25.1 Å². The fourth-order valence-electron chi connectivity index (χ4n) is 2.86. The minimum absolute atomic E-state index is 0. The van der Waals surface area contributed by atoms with Crippen LogP contribution in [0.5, 0.6) is 5.75 Å². The molecule has 140 valence electrons. The summed E-state index contributed by atoms with van der Waals surface area (Å²) in [6.45, 7) is 4.62. The molecule has 0 radical (unpaired) electrons. The molecule has 6 nitrogen and oxygen atoms in total. The van der Waals surface area contributed by atoms with E-state index in [4.69, 9.17) is 4.74 Å². The third kappa shape index (κ3) is 7.32. The smallest absolute Gasteiger partial charge is 0.258 e. The van der Waals surface area contributed by atoms with Crippen LogP contribution in [0.25, 0.3) is 0 Å². The van der Waals surface area contributed by atoms with Gasteiger partial charge in [-0.25, -0.2) is 0 Å². The van der Waals surface area contributed by atoms with Gasteiger partial charge in [-0.2, -0.15) is 0 Å². The molecule has 0 unspecified atom stereocenters. The van der Waals surface area contributed by atoms with Crippen LogP contribution in [-0.2, 0) is 9.59 Å². The Hall–Kier alpha value is -1.79. The number of para-hydroxylation sites is 1. The molecule has 0 aromatic heterocycles. The molecule has 1 fully saturated rings. The largest absolute Gasteiger partial charge is 0.484 e. The van der Waals surface area contributed by atoms with E-state index in [-0.39, 0.29) is 43.4 Å². The monoisotopic (exact) mass is 369 g/mol. The third-order valence-electron chi connectivity index (χ3n) is 4.08. The van der Waals surface area contributed by atoms with Crippen LogP contribution in [0.1, 0.15) is 26.2 Å². The van der Waals surface area contributed by atoms with E-state index >= 15 is 0 Å². The van der Waals surface area contributed by atoms with E-state index in [2.05, 4.69) is 17.6 Å². The van der Waals surface area contributed by atoms with E-state index in [0.717, 1.165) is 38.9 Å². The first-order chi connectivity index (χ1) is 11.7. The molecule has 0 bridgehead atoms. The Kier molecular flexibility index (Phi) is 9.96. The molecule has 0 atom stereocenters. The van der Waals surface area contributed by atoms with E-state index < -0.39 is 0 Å². The second kappa shape index (κ2) is 11.7. The zero-order valence-electron chi connectivity index (χ0n) is 14.7. The molecular weight excluding hydrogens is 342 g/mol. The highest BCUT2D eigenvalue weighted by molar-refractivity contribution is 5.85. The summed E-state index contributed by atoms with van der Waals surface area (Å²) in [5.41, 5.74) is 0. The van der Waals surface area contributed by atoms with Crippen LogP contribution < -0.4 is 15.4 Å². The second-order valence-corrected chi connectivity index (χ2v) is 5.95. The van der Waals surface area contributed by atoms with Crippen LogP contribution >= 0.6 is 12.4 Å². The fraction of sp³-hybridized carbons (Fsp3) is 0.556. The van der Waals surface area contributed by atoms with E-state index in [1.54, 1.807) is 12.1 Å². The molecule has 1 aliphatic heterocycles. The lowest BCUT2D eigenvalue weighted by Gasteiger charge is -2.34. The zero-order chi connectivity index (χ0) is 17.2. The number of carbonyl (C=O) groups excluding carboxylic acids is 2. The first-order valence-corrected chi connectivity index (χ1v) is 8.65. The highest BCUT2D eigenvalue weighted by atomic mass is 35.5. The van der Waals surface area contributed by atoms with Gasteiger partial charge in [0, 0.05) is 12.6 Å². The van der Waals surface area contributed by atoms with Crippen LogP contribution in [0.3, 0.4) is 0 Å². The quantitative estimate of drug-likeness (QED) is 0.730. The number of benzene rings is 1. The topological polar surface area (TPSA) is 70.7 Å². The first kappa shape index (κ1) is 21.3. The summed E-state index contributed by atoms with van der Waals surface area (Å²) in [6.07, 6.45) is 2.86. The van der Waals surface area contributed by atoms with Crippen molar-refractivity contribution in [1.82, 2.24) is 15.5 Å². The predicted octanol–water partition coefficient (Wildman–Crippen LogP) is 1.59. The minimum atomic E-state index is -0.283.